The van der Waals surface area contributed by atoms with E-state index in [0.29, 0.717) is 0 Å². The summed E-state index contributed by atoms with van der Waals surface area (Å²) in [6.07, 6.45) is 11.5. The molecule has 0 radical (unpaired) electrons. The predicted octanol–water partition coefficient (Wildman–Crippen LogP) is 0.344. The molecular weight excluding hydrogens is 167 g/mol. The molecule has 2 heteroatoms. The monoisotopic (exact) mass is 188 g/mol. The number of hydrogen-bond donors (Lipinski definition) is 0. The van der Waals surface area contributed by atoms with Crippen LogP contribution in [0.5, 0.6) is 0 Å². The van der Waals surface area contributed by atoms with Gasteiger partial charge in [-0.25, -0.2) is 0 Å². The van der Waals surface area contributed by atoms with Crippen molar-refractivity contribution >= 4 is 0 Å². The Balaban J connectivity index is 0. The van der Waals surface area contributed by atoms with Crippen LogP contribution in [-0.2, 0) is 4.74 Å². The average Bonchev–Trinajstić information content (AvgIpc) is 2.01. The van der Waals surface area contributed by atoms with Crippen LogP contribution in [0.2, 0.25) is 0 Å². The topological polar surface area (TPSA) is 9.23 Å². The van der Waals surface area contributed by atoms with Crippen LogP contribution in [0.25, 0.3) is 0 Å². The average molecular weight is 188 g/mol. The van der Waals surface area contributed by atoms with Crippen LogP contribution in [0.1, 0.15) is 53.4 Å². The molecule has 0 bridgehead atoms. The van der Waals surface area contributed by atoms with Gasteiger partial charge in [-0.3, -0.25) is 0 Å². The van der Waals surface area contributed by atoms with Gasteiger partial charge in [-0.15, -0.1) is 0 Å². The molecule has 0 aromatic heterocycles. The second-order valence-electron chi connectivity index (χ2n) is 4.36. The summed E-state index contributed by atoms with van der Waals surface area (Å²) >= 11 is 0. The van der Waals surface area contributed by atoms with Crippen molar-refractivity contribution in [3.63, 3.8) is 0 Å². The van der Waals surface area contributed by atoms with E-state index in [2.05, 4.69) is 12.8 Å². The Morgan fingerprint density at radius 3 is 2.21 bits per heavy atom. The Hall–Kier alpha value is 0.117. The number of hydrogen-bond acceptors (Lipinski definition) is 1. The summed E-state index contributed by atoms with van der Waals surface area (Å²) in [5.74, 6) is 2.45. The van der Waals surface area contributed by atoms with Crippen molar-refractivity contribution in [1.82, 2.24) is 0 Å². The van der Waals surface area contributed by atoms with E-state index < -0.39 is 0 Å². The van der Waals surface area contributed by atoms with Crippen LogP contribution >= 0.6 is 0 Å². The van der Waals surface area contributed by atoms with Crippen LogP contribution in [0.4, 0.5) is 0 Å². The maximum Gasteiger partial charge on any atom is 1.00 e. The zero-order chi connectivity index (χ0) is 10.3. The fourth-order valence-corrected chi connectivity index (χ4v) is 1.17. The molecule has 0 saturated carbocycles. The van der Waals surface area contributed by atoms with Crippen molar-refractivity contribution in [2.75, 3.05) is 0 Å². The number of unbranched alkanes of at least 4 members (excludes halogenated alkanes) is 2. The summed E-state index contributed by atoms with van der Waals surface area (Å²) in [5, 5.41) is 0. The first-order chi connectivity index (χ1) is 5.99. The van der Waals surface area contributed by atoms with Gasteiger partial charge in [-0.2, -0.15) is 0 Å². The molecule has 76 valence electrons. The van der Waals surface area contributed by atoms with E-state index in [0.717, 1.165) is 12.8 Å². The third kappa shape index (κ3) is 10.2. The van der Waals surface area contributed by atoms with Crippen LogP contribution in [0.15, 0.2) is 0 Å². The molecule has 0 N–H and O–H groups in total. The zero-order valence-electron chi connectivity index (χ0n) is 10.3. The first kappa shape index (κ1) is 16.5. The van der Waals surface area contributed by atoms with Crippen molar-refractivity contribution in [1.29, 1.82) is 0 Å². The molecule has 0 fully saturated rings. The molecule has 0 aromatic rings. The number of rotatable bonds is 5. The quantitative estimate of drug-likeness (QED) is 0.262. The number of ether oxygens (including phenoxy) is 1. The first-order valence-corrected chi connectivity index (χ1v) is 5.09. The molecule has 1 nitrogen and oxygen atoms in total. The minimum absolute atomic E-state index is 0. The summed E-state index contributed by atoms with van der Waals surface area (Å²) in [7, 11) is 0. The maximum atomic E-state index is 7.10. The Morgan fingerprint density at radius 1 is 1.29 bits per heavy atom. The predicted molar refractivity (Wildman–Crippen MR) is 55.9 cm³/mol. The van der Waals surface area contributed by atoms with Crippen molar-refractivity contribution in [3.05, 3.63) is 6.42 Å². The molecule has 0 rings (SSSR count). The fourth-order valence-electron chi connectivity index (χ4n) is 1.17. The summed E-state index contributed by atoms with van der Waals surface area (Å²) in [4.78, 5) is 0. The van der Waals surface area contributed by atoms with Crippen LogP contribution in [0, 0.1) is 12.3 Å². The molecule has 1 unspecified atom stereocenters. The van der Waals surface area contributed by atoms with E-state index in [4.69, 9.17) is 11.2 Å². The van der Waals surface area contributed by atoms with E-state index >= 15 is 0 Å². The molecule has 0 aliphatic rings. The van der Waals surface area contributed by atoms with E-state index in [1.807, 2.05) is 20.8 Å². The standard InChI is InChI=1S/C12H21O.Li/c1-6-8-9-10-11(7-2)13-12(3,4)5;/h11H,6,8-10H2,1,3-5H3;/q-1;+1. The molecule has 0 aliphatic carbocycles. The molecule has 0 heterocycles. The van der Waals surface area contributed by atoms with Gasteiger partial charge in [0, 0.05) is 0 Å². The summed E-state index contributed by atoms with van der Waals surface area (Å²) < 4.78 is 5.63. The second kappa shape index (κ2) is 8.43. The van der Waals surface area contributed by atoms with Gasteiger partial charge in [0.2, 0.25) is 0 Å². The minimum Gasteiger partial charge on any atom is -0.691 e. The van der Waals surface area contributed by atoms with Crippen LogP contribution < -0.4 is 18.9 Å². The fraction of sp³-hybridized carbons (Fsp3) is 0.833. The van der Waals surface area contributed by atoms with Gasteiger partial charge in [-0.1, -0.05) is 19.8 Å². The van der Waals surface area contributed by atoms with E-state index in [-0.39, 0.29) is 30.6 Å². The van der Waals surface area contributed by atoms with Crippen LogP contribution in [0.3, 0.4) is 0 Å². The van der Waals surface area contributed by atoms with Gasteiger partial charge in [0.1, 0.15) is 0 Å². The van der Waals surface area contributed by atoms with E-state index in [9.17, 15) is 0 Å². The molecule has 0 aliphatic heterocycles. The van der Waals surface area contributed by atoms with E-state index in [1.54, 1.807) is 0 Å². The van der Waals surface area contributed by atoms with Crippen molar-refractivity contribution in [2.45, 2.75) is 65.1 Å². The summed E-state index contributed by atoms with van der Waals surface area (Å²) in [6.45, 7) is 8.21. The Labute approximate surface area is 101 Å². The van der Waals surface area contributed by atoms with Gasteiger partial charge in [0.05, 0.1) is 11.7 Å². The third-order valence-corrected chi connectivity index (χ3v) is 1.73. The maximum absolute atomic E-state index is 7.10. The van der Waals surface area contributed by atoms with Crippen molar-refractivity contribution in [3.8, 4) is 5.92 Å². The smallest absolute Gasteiger partial charge is 0.691 e. The third-order valence-electron chi connectivity index (χ3n) is 1.73. The van der Waals surface area contributed by atoms with Crippen molar-refractivity contribution < 1.29 is 23.6 Å². The molecule has 0 aromatic carbocycles. The SMILES string of the molecule is [C-]#CC(CCCCC)OC(C)(C)C.[Li+]. The van der Waals surface area contributed by atoms with Gasteiger partial charge >= 0.3 is 18.9 Å². The van der Waals surface area contributed by atoms with Crippen molar-refractivity contribution in [2.24, 2.45) is 0 Å². The first-order valence-electron chi connectivity index (χ1n) is 5.09. The Bertz CT molecular complexity index is 164. The largest absolute Gasteiger partial charge is 1.00 e. The van der Waals surface area contributed by atoms with Gasteiger partial charge in [-0.05, 0) is 33.6 Å². The molecule has 14 heavy (non-hydrogen) atoms. The van der Waals surface area contributed by atoms with Gasteiger partial charge in [0.15, 0.2) is 0 Å². The summed E-state index contributed by atoms with van der Waals surface area (Å²) in [6, 6.07) is 0. The minimum atomic E-state index is -0.162. The van der Waals surface area contributed by atoms with Gasteiger partial charge < -0.3 is 17.1 Å². The molecule has 0 saturated heterocycles. The molecule has 1 atom stereocenters. The second-order valence-corrected chi connectivity index (χ2v) is 4.36. The molecular formula is C12H21LiO. The zero-order valence-corrected chi connectivity index (χ0v) is 10.3. The molecule has 0 amide bonds. The Kier molecular flexibility index (Phi) is 9.96. The summed E-state index contributed by atoms with van der Waals surface area (Å²) in [5.41, 5.74) is -0.162. The van der Waals surface area contributed by atoms with E-state index in [1.165, 1.54) is 12.8 Å². The normalized spacial score (nSPS) is 12.8. The van der Waals surface area contributed by atoms with Gasteiger partial charge in [0.25, 0.3) is 0 Å². The molecule has 0 spiro atoms. The Morgan fingerprint density at radius 2 is 1.86 bits per heavy atom. The van der Waals surface area contributed by atoms with Crippen LogP contribution in [-0.4, -0.2) is 11.7 Å².